The van der Waals surface area contributed by atoms with E-state index in [-0.39, 0.29) is 11.3 Å². The monoisotopic (exact) mass is 434 g/mol. The molecule has 0 spiro atoms. The fourth-order valence-corrected chi connectivity index (χ4v) is 3.88. The van der Waals surface area contributed by atoms with Gasteiger partial charge in [0.1, 0.15) is 0 Å². The Hall–Kier alpha value is -2.24. The summed E-state index contributed by atoms with van der Waals surface area (Å²) < 4.78 is 0. The van der Waals surface area contributed by atoms with Crippen LogP contribution in [0.4, 0.5) is 0 Å². The van der Waals surface area contributed by atoms with Crippen LogP contribution in [0.2, 0.25) is 10.0 Å². The molecule has 2 rings (SSSR count). The van der Waals surface area contributed by atoms with Gasteiger partial charge in [0.15, 0.2) is 5.96 Å². The highest BCUT2D eigenvalue weighted by Crippen LogP contribution is 2.35. The van der Waals surface area contributed by atoms with Crippen LogP contribution in [0.15, 0.2) is 47.5 Å². The predicted octanol–water partition coefficient (Wildman–Crippen LogP) is 4.34. The number of carbonyl (C=O) groups excluding carboxylic acids is 1. The van der Waals surface area contributed by atoms with E-state index in [1.165, 1.54) is 0 Å². The van der Waals surface area contributed by atoms with Crippen LogP contribution in [0.3, 0.4) is 0 Å². The molecule has 7 heteroatoms. The molecule has 2 aromatic rings. The Kier molecular flexibility index (Phi) is 7.94. The first-order chi connectivity index (χ1) is 13.7. The van der Waals surface area contributed by atoms with Gasteiger partial charge in [-0.25, -0.2) is 0 Å². The second kappa shape index (κ2) is 9.99. The average molecular weight is 435 g/mol. The molecule has 1 amide bonds. The number of hydrogen-bond acceptors (Lipinski definition) is 2. The lowest BCUT2D eigenvalue weighted by atomic mass is 9.84. The van der Waals surface area contributed by atoms with Gasteiger partial charge in [-0.1, -0.05) is 55.2 Å². The number of halogens is 2. The first kappa shape index (κ1) is 23.0. The van der Waals surface area contributed by atoms with Crippen molar-refractivity contribution in [1.82, 2.24) is 15.5 Å². The van der Waals surface area contributed by atoms with Crippen LogP contribution in [0.25, 0.3) is 0 Å². The summed E-state index contributed by atoms with van der Waals surface area (Å²) in [5.41, 5.74) is 2.34. The van der Waals surface area contributed by atoms with Crippen LogP contribution in [0.1, 0.15) is 35.3 Å². The topological polar surface area (TPSA) is 56.7 Å². The lowest BCUT2D eigenvalue weighted by Crippen LogP contribution is -2.43. The molecule has 0 fully saturated rings. The van der Waals surface area contributed by atoms with Gasteiger partial charge >= 0.3 is 0 Å². The Morgan fingerprint density at radius 2 is 1.62 bits per heavy atom. The summed E-state index contributed by atoms with van der Waals surface area (Å²) in [5.74, 6) is 0.664. The molecule has 2 N–H and O–H groups in total. The molecular formula is C22H28Cl2N4O. The zero-order chi connectivity index (χ0) is 21.6. The minimum Gasteiger partial charge on any atom is -0.356 e. The molecule has 0 atom stereocenters. The van der Waals surface area contributed by atoms with Gasteiger partial charge in [0.05, 0.1) is 0 Å². The molecular weight excluding hydrogens is 407 g/mol. The molecule has 0 saturated heterocycles. The molecule has 2 aromatic carbocycles. The van der Waals surface area contributed by atoms with E-state index in [9.17, 15) is 4.79 Å². The van der Waals surface area contributed by atoms with E-state index in [1.807, 2.05) is 42.5 Å². The molecule has 0 saturated carbocycles. The summed E-state index contributed by atoms with van der Waals surface area (Å²) in [7, 11) is 5.21. The van der Waals surface area contributed by atoms with E-state index in [2.05, 4.69) is 29.5 Å². The Balaban J connectivity index is 1.97. The van der Waals surface area contributed by atoms with E-state index in [4.69, 9.17) is 23.2 Å². The summed E-state index contributed by atoms with van der Waals surface area (Å²) in [6.45, 7) is 5.36. The van der Waals surface area contributed by atoms with E-state index in [0.29, 0.717) is 34.7 Å². The molecule has 0 heterocycles. The zero-order valence-corrected chi connectivity index (χ0v) is 19.0. The number of nitrogens with zero attached hydrogens (tertiary/aromatic N) is 2. The van der Waals surface area contributed by atoms with Crippen LogP contribution in [-0.4, -0.2) is 44.5 Å². The van der Waals surface area contributed by atoms with Crippen LogP contribution < -0.4 is 10.6 Å². The number of amides is 1. The van der Waals surface area contributed by atoms with Crippen molar-refractivity contribution in [2.75, 3.05) is 27.7 Å². The number of aliphatic imine (C=N–C) groups is 1. The van der Waals surface area contributed by atoms with Crippen molar-refractivity contribution in [3.8, 4) is 0 Å². The lowest BCUT2D eigenvalue weighted by Gasteiger charge is -2.28. The zero-order valence-electron chi connectivity index (χ0n) is 17.5. The molecule has 0 radical (unpaired) electrons. The summed E-state index contributed by atoms with van der Waals surface area (Å²) in [6, 6.07) is 13.1. The minimum atomic E-state index is -0.290. The van der Waals surface area contributed by atoms with Crippen molar-refractivity contribution < 1.29 is 4.79 Å². The molecule has 156 valence electrons. The van der Waals surface area contributed by atoms with Gasteiger partial charge in [0, 0.05) is 55.3 Å². The fraction of sp³-hybridized carbons (Fsp3) is 0.364. The summed E-state index contributed by atoms with van der Waals surface area (Å²) in [6.07, 6.45) is 0. The van der Waals surface area contributed by atoms with Crippen LogP contribution in [-0.2, 0) is 12.0 Å². The maximum absolute atomic E-state index is 12.0. The third-order valence-corrected chi connectivity index (χ3v) is 5.26. The molecule has 0 aliphatic rings. The lowest BCUT2D eigenvalue weighted by molar-refractivity contribution is 0.0827. The van der Waals surface area contributed by atoms with Crippen molar-refractivity contribution >= 4 is 35.1 Å². The van der Waals surface area contributed by atoms with E-state index < -0.39 is 0 Å². The Morgan fingerprint density at radius 3 is 2.14 bits per heavy atom. The predicted molar refractivity (Wildman–Crippen MR) is 122 cm³/mol. The number of nitrogens with one attached hydrogen (secondary N) is 2. The highest BCUT2D eigenvalue weighted by atomic mass is 35.5. The molecule has 0 aromatic heterocycles. The van der Waals surface area contributed by atoms with Gasteiger partial charge in [-0.15, -0.1) is 0 Å². The van der Waals surface area contributed by atoms with E-state index in [0.717, 1.165) is 11.1 Å². The van der Waals surface area contributed by atoms with Gasteiger partial charge in [-0.05, 0) is 35.4 Å². The highest BCUT2D eigenvalue weighted by Gasteiger charge is 2.26. The molecule has 0 aliphatic carbocycles. The standard InChI is InChI=1S/C22H28Cl2N4O/c1-22(2,19-17(23)7-6-8-18(19)24)14-27-21(25-3)26-13-15-9-11-16(12-10-15)20(29)28(4)5/h6-12H,13-14H2,1-5H3,(H2,25,26,27). The SMILES string of the molecule is CN=C(NCc1ccc(C(=O)N(C)C)cc1)NCC(C)(C)c1c(Cl)cccc1Cl. The van der Waals surface area contributed by atoms with E-state index in [1.54, 1.807) is 26.0 Å². The van der Waals surface area contributed by atoms with Crippen molar-refractivity contribution in [3.05, 3.63) is 69.2 Å². The first-order valence-corrected chi connectivity index (χ1v) is 10.1. The van der Waals surface area contributed by atoms with Crippen LogP contribution in [0.5, 0.6) is 0 Å². The normalized spacial score (nSPS) is 11.9. The Bertz CT molecular complexity index is 857. The molecule has 29 heavy (non-hydrogen) atoms. The third-order valence-electron chi connectivity index (χ3n) is 4.63. The maximum atomic E-state index is 12.0. The molecule has 0 aliphatic heterocycles. The molecule has 0 unspecified atom stereocenters. The summed E-state index contributed by atoms with van der Waals surface area (Å²) in [4.78, 5) is 17.8. The number of carbonyl (C=O) groups is 1. The van der Waals surface area contributed by atoms with Crippen LogP contribution >= 0.6 is 23.2 Å². The third kappa shape index (κ3) is 6.12. The van der Waals surface area contributed by atoms with Crippen molar-refractivity contribution in [1.29, 1.82) is 0 Å². The number of rotatable bonds is 6. The average Bonchev–Trinajstić information content (AvgIpc) is 2.67. The second-order valence-electron chi connectivity index (χ2n) is 7.66. The number of benzene rings is 2. The largest absolute Gasteiger partial charge is 0.356 e. The number of hydrogen-bond donors (Lipinski definition) is 2. The molecule has 0 bridgehead atoms. The second-order valence-corrected chi connectivity index (χ2v) is 8.47. The van der Waals surface area contributed by atoms with Crippen molar-refractivity contribution in [2.45, 2.75) is 25.8 Å². The maximum Gasteiger partial charge on any atom is 0.253 e. The van der Waals surface area contributed by atoms with Gasteiger partial charge in [-0.2, -0.15) is 0 Å². The molecule has 5 nitrogen and oxygen atoms in total. The quantitative estimate of drug-likeness (QED) is 0.525. The fourth-order valence-electron chi connectivity index (χ4n) is 2.97. The summed E-state index contributed by atoms with van der Waals surface area (Å²) in [5, 5.41) is 7.93. The van der Waals surface area contributed by atoms with Crippen LogP contribution in [0, 0.1) is 0 Å². The van der Waals surface area contributed by atoms with Gasteiger partial charge in [-0.3, -0.25) is 9.79 Å². The van der Waals surface area contributed by atoms with Gasteiger partial charge in [0.2, 0.25) is 0 Å². The van der Waals surface area contributed by atoms with Crippen molar-refractivity contribution in [2.24, 2.45) is 4.99 Å². The minimum absolute atomic E-state index is 0.0116. The number of guanidine groups is 1. The Labute approximate surface area is 183 Å². The Morgan fingerprint density at radius 1 is 1.03 bits per heavy atom. The van der Waals surface area contributed by atoms with Gasteiger partial charge in [0.25, 0.3) is 5.91 Å². The summed E-state index contributed by atoms with van der Waals surface area (Å²) >= 11 is 12.7. The first-order valence-electron chi connectivity index (χ1n) is 9.35. The van der Waals surface area contributed by atoms with E-state index >= 15 is 0 Å². The highest BCUT2D eigenvalue weighted by molar-refractivity contribution is 6.36. The smallest absolute Gasteiger partial charge is 0.253 e. The van der Waals surface area contributed by atoms with Gasteiger partial charge < -0.3 is 15.5 Å². The van der Waals surface area contributed by atoms with Crippen molar-refractivity contribution in [3.63, 3.8) is 0 Å².